The Labute approximate surface area is 120 Å². The lowest BCUT2D eigenvalue weighted by atomic mass is 10.2. The summed E-state index contributed by atoms with van der Waals surface area (Å²) >= 11 is 7.53. The Kier molecular flexibility index (Phi) is 4.21. The minimum absolute atomic E-state index is 0.176. The normalized spacial score (nSPS) is 12.4. The van der Waals surface area contributed by atoms with E-state index in [1.807, 2.05) is 19.2 Å². The molecule has 5 nitrogen and oxygen atoms in total. The molecule has 0 saturated heterocycles. The smallest absolute Gasteiger partial charge is 0.271 e. The number of nitrogens with zero attached hydrogens (tertiary/aromatic N) is 3. The van der Waals surface area contributed by atoms with E-state index in [0.717, 1.165) is 10.7 Å². The Morgan fingerprint density at radius 1 is 1.63 bits per heavy atom. The Morgan fingerprint density at radius 2 is 2.37 bits per heavy atom. The van der Waals surface area contributed by atoms with E-state index in [2.05, 4.69) is 15.4 Å². The first-order valence-corrected chi connectivity index (χ1v) is 7.12. The van der Waals surface area contributed by atoms with Gasteiger partial charge in [-0.25, -0.2) is 4.98 Å². The number of thiazole rings is 1. The topological polar surface area (TPSA) is 59.8 Å². The zero-order valence-electron chi connectivity index (χ0n) is 11.0. The first-order valence-electron chi connectivity index (χ1n) is 5.86. The molecule has 0 radical (unpaired) electrons. The van der Waals surface area contributed by atoms with E-state index in [9.17, 15) is 4.79 Å². The van der Waals surface area contributed by atoms with Crippen LogP contribution >= 0.6 is 22.9 Å². The van der Waals surface area contributed by atoms with Gasteiger partial charge in [-0.05, 0) is 6.92 Å². The molecule has 102 valence electrons. The van der Waals surface area contributed by atoms with Crippen molar-refractivity contribution in [2.24, 2.45) is 7.05 Å². The zero-order chi connectivity index (χ0) is 14.0. The van der Waals surface area contributed by atoms with E-state index < -0.39 is 0 Å². The highest BCUT2D eigenvalue weighted by Gasteiger charge is 2.17. The van der Waals surface area contributed by atoms with Gasteiger partial charge < -0.3 is 5.32 Å². The fourth-order valence-electron chi connectivity index (χ4n) is 1.68. The van der Waals surface area contributed by atoms with Crippen molar-refractivity contribution in [3.8, 4) is 0 Å². The molecule has 2 rings (SSSR count). The van der Waals surface area contributed by atoms with Crippen LogP contribution in [0.15, 0.2) is 11.6 Å². The van der Waals surface area contributed by atoms with Crippen molar-refractivity contribution in [2.45, 2.75) is 19.8 Å². The minimum atomic E-state index is -0.217. The number of nitrogens with one attached hydrogen (secondary N) is 1. The van der Waals surface area contributed by atoms with Crippen molar-refractivity contribution in [3.05, 3.63) is 33.0 Å². The second kappa shape index (κ2) is 5.71. The van der Waals surface area contributed by atoms with Crippen LogP contribution in [-0.2, 0) is 7.05 Å². The number of hydrogen-bond acceptors (Lipinski definition) is 4. The molecule has 0 saturated carbocycles. The molecular weight excluding hydrogens is 284 g/mol. The largest absolute Gasteiger partial charge is 0.350 e. The monoisotopic (exact) mass is 298 g/mol. The molecule has 19 heavy (non-hydrogen) atoms. The van der Waals surface area contributed by atoms with Crippen molar-refractivity contribution in [2.75, 3.05) is 6.54 Å². The van der Waals surface area contributed by atoms with Crippen molar-refractivity contribution in [3.63, 3.8) is 0 Å². The number of carbonyl (C=O) groups is 1. The summed E-state index contributed by atoms with van der Waals surface area (Å²) in [5, 5.41) is 10.2. The fraction of sp³-hybridized carbons (Fsp3) is 0.417. The average Bonchev–Trinajstić information content (AvgIpc) is 2.93. The molecule has 0 spiro atoms. The molecule has 1 atom stereocenters. The fourth-order valence-corrected chi connectivity index (χ4v) is 2.79. The van der Waals surface area contributed by atoms with Crippen LogP contribution in [0.2, 0.25) is 5.02 Å². The number of carbonyl (C=O) groups excluding carboxylic acids is 1. The first-order chi connectivity index (χ1) is 8.99. The van der Waals surface area contributed by atoms with Crippen LogP contribution in [0.25, 0.3) is 0 Å². The van der Waals surface area contributed by atoms with E-state index >= 15 is 0 Å². The molecule has 0 fully saturated rings. The van der Waals surface area contributed by atoms with E-state index in [-0.39, 0.29) is 11.8 Å². The summed E-state index contributed by atoms with van der Waals surface area (Å²) in [6.45, 7) is 4.51. The molecule has 2 aromatic heterocycles. The molecule has 2 aromatic rings. The molecule has 0 aliphatic rings. The molecule has 0 bridgehead atoms. The predicted molar refractivity (Wildman–Crippen MR) is 75.8 cm³/mol. The molecule has 0 aliphatic heterocycles. The van der Waals surface area contributed by atoms with Gasteiger partial charge in [0.1, 0.15) is 5.69 Å². The third kappa shape index (κ3) is 3.13. The Hall–Kier alpha value is -1.40. The summed E-state index contributed by atoms with van der Waals surface area (Å²) < 4.78 is 1.47. The Morgan fingerprint density at radius 3 is 2.89 bits per heavy atom. The summed E-state index contributed by atoms with van der Waals surface area (Å²) in [5.74, 6) is -0.0419. The second-order valence-corrected chi connectivity index (χ2v) is 5.70. The van der Waals surface area contributed by atoms with Crippen LogP contribution in [0, 0.1) is 6.92 Å². The van der Waals surface area contributed by atoms with Crippen LogP contribution in [0.5, 0.6) is 0 Å². The van der Waals surface area contributed by atoms with Crippen LogP contribution in [0.4, 0.5) is 0 Å². The Bertz CT molecular complexity index is 573. The molecular formula is C12H15ClN4OS. The van der Waals surface area contributed by atoms with Gasteiger partial charge in [0.2, 0.25) is 0 Å². The molecule has 7 heteroatoms. The highest BCUT2D eigenvalue weighted by Crippen LogP contribution is 2.19. The summed E-state index contributed by atoms with van der Waals surface area (Å²) in [5.41, 5.74) is 1.39. The van der Waals surface area contributed by atoms with Gasteiger partial charge in [0.15, 0.2) is 0 Å². The van der Waals surface area contributed by atoms with Gasteiger partial charge in [-0.15, -0.1) is 11.3 Å². The Balaban J connectivity index is 1.97. The standard InChI is InChI=1S/C12H15ClN4OS/c1-7(12-16-8(2)6-19-12)4-14-11(18)10-9(13)5-15-17(10)3/h5-7H,4H2,1-3H3,(H,14,18)/t7-/m0/s1. The van der Waals surface area contributed by atoms with Crippen molar-refractivity contribution in [1.82, 2.24) is 20.1 Å². The lowest BCUT2D eigenvalue weighted by molar-refractivity contribution is 0.0942. The zero-order valence-corrected chi connectivity index (χ0v) is 12.5. The molecule has 0 aromatic carbocycles. The highest BCUT2D eigenvalue weighted by molar-refractivity contribution is 7.09. The summed E-state index contributed by atoms with van der Waals surface area (Å²) in [4.78, 5) is 16.4. The van der Waals surface area contributed by atoms with Crippen LogP contribution in [-0.4, -0.2) is 27.2 Å². The summed E-state index contributed by atoms with van der Waals surface area (Å²) in [7, 11) is 1.69. The van der Waals surface area contributed by atoms with Crippen molar-refractivity contribution < 1.29 is 4.79 Å². The SMILES string of the molecule is Cc1csc([C@@H](C)CNC(=O)c2c(Cl)cnn2C)n1. The van der Waals surface area contributed by atoms with Crippen LogP contribution in [0.1, 0.15) is 34.0 Å². The molecule has 0 unspecified atom stereocenters. The highest BCUT2D eigenvalue weighted by atomic mass is 35.5. The van der Waals surface area contributed by atoms with Gasteiger partial charge in [0.25, 0.3) is 5.91 Å². The van der Waals surface area contributed by atoms with E-state index in [1.54, 1.807) is 18.4 Å². The molecule has 0 aliphatic carbocycles. The van der Waals surface area contributed by atoms with Crippen molar-refractivity contribution >= 4 is 28.8 Å². The number of aromatic nitrogens is 3. The van der Waals surface area contributed by atoms with Gasteiger partial charge in [0.05, 0.1) is 16.2 Å². The summed E-state index contributed by atoms with van der Waals surface area (Å²) in [6, 6.07) is 0. The second-order valence-electron chi connectivity index (χ2n) is 4.40. The summed E-state index contributed by atoms with van der Waals surface area (Å²) in [6.07, 6.45) is 1.46. The quantitative estimate of drug-likeness (QED) is 0.943. The van der Waals surface area contributed by atoms with Gasteiger partial charge in [-0.2, -0.15) is 5.10 Å². The van der Waals surface area contributed by atoms with E-state index in [4.69, 9.17) is 11.6 Å². The van der Waals surface area contributed by atoms with Crippen LogP contribution in [0.3, 0.4) is 0 Å². The third-order valence-electron chi connectivity index (χ3n) is 2.74. The molecule has 1 N–H and O–H groups in total. The van der Waals surface area contributed by atoms with Crippen molar-refractivity contribution in [1.29, 1.82) is 0 Å². The minimum Gasteiger partial charge on any atom is -0.350 e. The maximum absolute atomic E-state index is 12.0. The average molecular weight is 299 g/mol. The lowest BCUT2D eigenvalue weighted by Gasteiger charge is -2.10. The van der Waals surface area contributed by atoms with Gasteiger partial charge >= 0.3 is 0 Å². The maximum atomic E-state index is 12.0. The predicted octanol–water partition coefficient (Wildman–Crippen LogP) is 2.37. The van der Waals surface area contributed by atoms with Gasteiger partial charge in [-0.3, -0.25) is 9.48 Å². The number of amides is 1. The number of aryl methyl sites for hydroxylation is 2. The van der Waals surface area contributed by atoms with E-state index in [1.165, 1.54) is 10.9 Å². The maximum Gasteiger partial charge on any atom is 0.271 e. The molecule has 2 heterocycles. The third-order valence-corrected chi connectivity index (χ3v) is 4.21. The first kappa shape index (κ1) is 14.0. The number of hydrogen-bond donors (Lipinski definition) is 1. The number of halogens is 1. The number of rotatable bonds is 4. The van der Waals surface area contributed by atoms with Crippen LogP contribution < -0.4 is 5.32 Å². The van der Waals surface area contributed by atoms with Gasteiger partial charge in [-0.1, -0.05) is 18.5 Å². The lowest BCUT2D eigenvalue weighted by Crippen LogP contribution is -2.29. The van der Waals surface area contributed by atoms with Gasteiger partial charge in [0, 0.05) is 30.6 Å². The van der Waals surface area contributed by atoms with E-state index in [0.29, 0.717) is 17.3 Å². The molecule has 1 amide bonds.